The Hall–Kier alpha value is -1.86. The SMILES string of the molecule is COC(=O)C(CCCCCCF)CC(NC(=O)OC(C)(C)C)C(=O)OC. The van der Waals surface area contributed by atoms with Gasteiger partial charge in [-0.2, -0.15) is 0 Å². The number of nitrogens with one attached hydrogen (secondary N) is 1. The summed E-state index contributed by atoms with van der Waals surface area (Å²) < 4.78 is 26.8. The average Bonchev–Trinajstić information content (AvgIpc) is 2.56. The molecule has 0 aromatic rings. The molecule has 0 saturated heterocycles. The number of alkyl halides is 1. The molecule has 0 heterocycles. The number of amides is 1. The molecule has 8 heteroatoms. The van der Waals surface area contributed by atoms with Crippen LogP contribution >= 0.6 is 0 Å². The number of carbonyl (C=O) groups is 3. The highest BCUT2D eigenvalue weighted by atomic mass is 19.1. The summed E-state index contributed by atoms with van der Waals surface area (Å²) in [6, 6.07) is -1.02. The van der Waals surface area contributed by atoms with Crippen molar-refractivity contribution in [3.63, 3.8) is 0 Å². The Bertz CT molecular complexity index is 449. The number of rotatable bonds is 11. The van der Waals surface area contributed by atoms with Crippen molar-refractivity contribution in [2.75, 3.05) is 20.9 Å². The Morgan fingerprint density at radius 1 is 0.962 bits per heavy atom. The van der Waals surface area contributed by atoms with E-state index in [0.29, 0.717) is 19.3 Å². The van der Waals surface area contributed by atoms with Crippen LogP contribution in [0.15, 0.2) is 0 Å². The number of ether oxygens (including phenoxy) is 3. The van der Waals surface area contributed by atoms with Gasteiger partial charge in [-0.25, -0.2) is 9.59 Å². The quantitative estimate of drug-likeness (QED) is 0.338. The van der Waals surface area contributed by atoms with E-state index in [1.165, 1.54) is 14.2 Å². The first-order valence-electron chi connectivity index (χ1n) is 8.85. The second kappa shape index (κ2) is 12.5. The van der Waals surface area contributed by atoms with Crippen molar-refractivity contribution >= 4 is 18.0 Å². The van der Waals surface area contributed by atoms with Crippen LogP contribution in [0.25, 0.3) is 0 Å². The normalized spacial score (nSPS) is 13.5. The van der Waals surface area contributed by atoms with E-state index in [1.807, 2.05) is 0 Å². The van der Waals surface area contributed by atoms with Crippen LogP contribution in [0.1, 0.15) is 59.3 Å². The van der Waals surface area contributed by atoms with E-state index in [4.69, 9.17) is 14.2 Å². The Morgan fingerprint density at radius 2 is 1.54 bits per heavy atom. The van der Waals surface area contributed by atoms with Crippen LogP contribution in [-0.4, -0.2) is 50.6 Å². The maximum absolute atomic E-state index is 12.1. The Balaban J connectivity index is 4.88. The molecule has 0 radical (unpaired) electrons. The van der Waals surface area contributed by atoms with Gasteiger partial charge in [-0.1, -0.05) is 19.3 Å². The molecule has 2 atom stereocenters. The van der Waals surface area contributed by atoms with Gasteiger partial charge >= 0.3 is 18.0 Å². The first-order valence-corrected chi connectivity index (χ1v) is 8.85. The van der Waals surface area contributed by atoms with Crippen LogP contribution in [0.3, 0.4) is 0 Å². The van der Waals surface area contributed by atoms with Gasteiger partial charge in [0.1, 0.15) is 11.6 Å². The Morgan fingerprint density at radius 3 is 2.04 bits per heavy atom. The summed E-state index contributed by atoms with van der Waals surface area (Å²) in [6.45, 7) is 4.75. The van der Waals surface area contributed by atoms with Crippen LogP contribution < -0.4 is 5.32 Å². The topological polar surface area (TPSA) is 90.9 Å². The molecule has 0 fully saturated rings. The fraction of sp³-hybridized carbons (Fsp3) is 0.833. The van der Waals surface area contributed by atoms with Gasteiger partial charge in [0.15, 0.2) is 0 Å². The fourth-order valence-corrected chi connectivity index (χ4v) is 2.43. The number of alkyl carbamates (subject to hydrolysis) is 1. The number of methoxy groups -OCH3 is 2. The molecule has 0 rings (SSSR count). The summed E-state index contributed by atoms with van der Waals surface area (Å²) in [5.74, 6) is -1.71. The van der Waals surface area contributed by atoms with Crippen molar-refractivity contribution in [2.24, 2.45) is 5.92 Å². The molecule has 1 N–H and O–H groups in total. The molecular formula is C18H32FNO6. The van der Waals surface area contributed by atoms with Crippen molar-refractivity contribution < 1.29 is 33.0 Å². The number of carbonyl (C=O) groups excluding carboxylic acids is 3. The number of hydrogen-bond donors (Lipinski definition) is 1. The molecule has 1 amide bonds. The minimum absolute atomic E-state index is 0.0434. The second-order valence-corrected chi connectivity index (χ2v) is 7.07. The second-order valence-electron chi connectivity index (χ2n) is 7.07. The van der Waals surface area contributed by atoms with E-state index in [0.717, 1.165) is 12.8 Å². The lowest BCUT2D eigenvalue weighted by Crippen LogP contribution is -2.45. The van der Waals surface area contributed by atoms with Gasteiger partial charge in [-0.05, 0) is 40.0 Å². The van der Waals surface area contributed by atoms with Crippen molar-refractivity contribution in [1.82, 2.24) is 5.32 Å². The Kier molecular flexibility index (Phi) is 11.6. The third-order valence-electron chi connectivity index (χ3n) is 3.67. The molecule has 0 spiro atoms. The third kappa shape index (κ3) is 10.9. The molecule has 2 unspecified atom stereocenters. The van der Waals surface area contributed by atoms with Crippen LogP contribution in [0, 0.1) is 5.92 Å². The highest BCUT2D eigenvalue weighted by molar-refractivity contribution is 5.82. The molecule has 0 aliphatic heterocycles. The maximum atomic E-state index is 12.1. The van der Waals surface area contributed by atoms with E-state index < -0.39 is 35.6 Å². The van der Waals surface area contributed by atoms with Crippen molar-refractivity contribution in [1.29, 1.82) is 0 Å². The molecule has 0 aliphatic carbocycles. The number of hydrogen-bond acceptors (Lipinski definition) is 6. The van der Waals surface area contributed by atoms with Gasteiger partial charge in [-0.15, -0.1) is 0 Å². The van der Waals surface area contributed by atoms with E-state index in [9.17, 15) is 18.8 Å². The fourth-order valence-electron chi connectivity index (χ4n) is 2.43. The van der Waals surface area contributed by atoms with E-state index in [-0.39, 0.29) is 13.1 Å². The summed E-state index contributed by atoms with van der Waals surface area (Å²) in [4.78, 5) is 36.0. The van der Waals surface area contributed by atoms with Gasteiger partial charge in [0.25, 0.3) is 0 Å². The zero-order valence-electron chi connectivity index (χ0n) is 16.4. The zero-order chi connectivity index (χ0) is 20.2. The number of halogens is 1. The molecule has 152 valence electrons. The van der Waals surface area contributed by atoms with Crippen LogP contribution in [0.4, 0.5) is 9.18 Å². The third-order valence-corrected chi connectivity index (χ3v) is 3.67. The van der Waals surface area contributed by atoms with Crippen molar-refractivity contribution in [3.8, 4) is 0 Å². The van der Waals surface area contributed by atoms with Crippen molar-refractivity contribution in [3.05, 3.63) is 0 Å². The van der Waals surface area contributed by atoms with E-state index >= 15 is 0 Å². The van der Waals surface area contributed by atoms with Gasteiger partial charge in [0.05, 0.1) is 26.8 Å². The molecule has 0 aliphatic rings. The predicted octanol–water partition coefficient (Wildman–Crippen LogP) is 3.15. The lowest BCUT2D eigenvalue weighted by molar-refractivity contribution is -0.148. The summed E-state index contributed by atoms with van der Waals surface area (Å²) in [5, 5.41) is 2.45. The van der Waals surface area contributed by atoms with Crippen molar-refractivity contribution in [2.45, 2.75) is 70.9 Å². The summed E-state index contributed by atoms with van der Waals surface area (Å²) >= 11 is 0. The average molecular weight is 377 g/mol. The number of esters is 2. The smallest absolute Gasteiger partial charge is 0.408 e. The summed E-state index contributed by atoms with van der Waals surface area (Å²) in [5.41, 5.74) is -0.719. The molecule has 0 bridgehead atoms. The number of unbranched alkanes of at least 4 members (excludes halogenated alkanes) is 3. The minimum atomic E-state index is -1.02. The van der Waals surface area contributed by atoms with E-state index in [1.54, 1.807) is 20.8 Å². The first kappa shape index (κ1) is 24.1. The summed E-state index contributed by atoms with van der Waals surface area (Å²) in [6.07, 6.45) is 2.46. The molecule has 0 aromatic carbocycles. The van der Waals surface area contributed by atoms with E-state index in [2.05, 4.69) is 5.32 Å². The van der Waals surface area contributed by atoms with Gasteiger partial charge < -0.3 is 19.5 Å². The molecule has 0 aromatic heterocycles. The molecule has 7 nitrogen and oxygen atoms in total. The zero-order valence-corrected chi connectivity index (χ0v) is 16.4. The maximum Gasteiger partial charge on any atom is 0.408 e. The highest BCUT2D eigenvalue weighted by Gasteiger charge is 2.31. The van der Waals surface area contributed by atoms with Crippen LogP contribution in [0.2, 0.25) is 0 Å². The molecule has 26 heavy (non-hydrogen) atoms. The van der Waals surface area contributed by atoms with Crippen LogP contribution in [0.5, 0.6) is 0 Å². The Labute approximate surface area is 154 Å². The summed E-state index contributed by atoms with van der Waals surface area (Å²) in [7, 11) is 2.48. The first-order chi connectivity index (χ1) is 12.1. The largest absolute Gasteiger partial charge is 0.469 e. The highest BCUT2D eigenvalue weighted by Crippen LogP contribution is 2.19. The molecule has 0 saturated carbocycles. The minimum Gasteiger partial charge on any atom is -0.469 e. The van der Waals surface area contributed by atoms with Crippen LogP contribution in [-0.2, 0) is 23.8 Å². The molecular weight excluding hydrogens is 345 g/mol. The lowest BCUT2D eigenvalue weighted by atomic mass is 9.93. The predicted molar refractivity (Wildman–Crippen MR) is 94.4 cm³/mol. The van der Waals surface area contributed by atoms with Gasteiger partial charge in [0, 0.05) is 0 Å². The standard InChI is InChI=1S/C18H32FNO6/c1-18(2,3)26-17(23)20-14(16(22)25-5)12-13(15(21)24-4)10-8-6-7-9-11-19/h13-14H,6-12H2,1-5H3,(H,20,23). The van der Waals surface area contributed by atoms with Gasteiger partial charge in [-0.3, -0.25) is 9.18 Å². The van der Waals surface area contributed by atoms with Gasteiger partial charge in [0.2, 0.25) is 0 Å². The monoisotopic (exact) mass is 377 g/mol. The lowest BCUT2D eigenvalue weighted by Gasteiger charge is -2.24.